The van der Waals surface area contributed by atoms with Gasteiger partial charge >= 0.3 is 6.18 Å². The van der Waals surface area contributed by atoms with Crippen molar-refractivity contribution in [1.29, 1.82) is 0 Å². The fourth-order valence-corrected chi connectivity index (χ4v) is 8.85. The lowest BCUT2D eigenvalue weighted by atomic mass is 9.46. The minimum Gasteiger partial charge on any atom is -0.390 e. The van der Waals surface area contributed by atoms with Crippen LogP contribution in [-0.4, -0.2) is 32.9 Å². The van der Waals surface area contributed by atoms with E-state index in [1.54, 1.807) is 0 Å². The average molecular weight is 473 g/mol. The van der Waals surface area contributed by atoms with E-state index in [-0.39, 0.29) is 23.2 Å². The van der Waals surface area contributed by atoms with Crippen LogP contribution in [0.15, 0.2) is 11.6 Å². The summed E-state index contributed by atoms with van der Waals surface area (Å²) in [6.45, 7) is 8.88. The zero-order valence-corrected chi connectivity index (χ0v) is 20.7. The number of aliphatic hydroxyl groups is 3. The molecule has 4 aliphatic rings. The molecule has 190 valence electrons. The molecule has 4 aliphatic carbocycles. The van der Waals surface area contributed by atoms with E-state index in [0.29, 0.717) is 30.1 Å². The molecule has 8 atom stereocenters. The monoisotopic (exact) mass is 472 g/mol. The summed E-state index contributed by atoms with van der Waals surface area (Å²) in [4.78, 5) is 0. The summed E-state index contributed by atoms with van der Waals surface area (Å²) in [5, 5.41) is 30.4. The number of rotatable bonds is 5. The van der Waals surface area contributed by atoms with Crippen molar-refractivity contribution in [1.82, 2.24) is 0 Å². The molecule has 3 saturated carbocycles. The largest absolute Gasteiger partial charge is 0.394 e. The Bertz CT molecular complexity index is 773. The smallest absolute Gasteiger partial charge is 0.390 e. The molecule has 0 aromatic carbocycles. The molecule has 3 nitrogen and oxygen atoms in total. The minimum atomic E-state index is -4.58. The molecular formula is C27H43F3O3. The van der Waals surface area contributed by atoms with Crippen LogP contribution in [-0.2, 0) is 0 Å². The van der Waals surface area contributed by atoms with Gasteiger partial charge < -0.3 is 15.3 Å². The van der Waals surface area contributed by atoms with Crippen molar-refractivity contribution in [2.24, 2.45) is 40.4 Å². The molecule has 0 unspecified atom stereocenters. The molecular weight excluding hydrogens is 429 g/mol. The lowest BCUT2D eigenvalue weighted by Crippen LogP contribution is -2.52. The van der Waals surface area contributed by atoms with Crippen LogP contribution >= 0.6 is 0 Å². The molecule has 0 heterocycles. The molecule has 0 aliphatic heterocycles. The Hall–Kier alpha value is -0.590. The fourth-order valence-electron chi connectivity index (χ4n) is 8.85. The van der Waals surface area contributed by atoms with Crippen LogP contribution in [0.25, 0.3) is 0 Å². The van der Waals surface area contributed by atoms with Gasteiger partial charge in [0, 0.05) is 6.42 Å². The molecule has 0 aromatic rings. The Labute approximate surface area is 196 Å². The zero-order chi connectivity index (χ0) is 24.4. The van der Waals surface area contributed by atoms with Crippen molar-refractivity contribution in [2.45, 2.75) is 116 Å². The van der Waals surface area contributed by atoms with Gasteiger partial charge in [-0.1, -0.05) is 32.4 Å². The van der Waals surface area contributed by atoms with E-state index in [1.807, 2.05) is 6.92 Å². The van der Waals surface area contributed by atoms with Gasteiger partial charge in [-0.05, 0) is 105 Å². The molecule has 3 N–H and O–H groups in total. The SMILES string of the molecule is C[C@H](CCC(O)(O)CC(F)(F)F)[C@H]1CC[C@H]2[C@@H]3CC=C4C[C@@](C)(O)CC[C@]4(C)[C@H]3CC[C@]12C. The summed E-state index contributed by atoms with van der Waals surface area (Å²) >= 11 is 0. The minimum absolute atomic E-state index is 0.165. The first-order valence-corrected chi connectivity index (χ1v) is 13.0. The molecule has 0 aromatic heterocycles. The highest BCUT2D eigenvalue weighted by Crippen LogP contribution is 2.67. The average Bonchev–Trinajstić information content (AvgIpc) is 3.02. The van der Waals surface area contributed by atoms with Gasteiger partial charge in [-0.3, -0.25) is 0 Å². The highest BCUT2D eigenvalue weighted by Gasteiger charge is 2.59. The Balaban J connectivity index is 1.46. The van der Waals surface area contributed by atoms with Crippen molar-refractivity contribution in [3.05, 3.63) is 11.6 Å². The molecule has 33 heavy (non-hydrogen) atoms. The van der Waals surface area contributed by atoms with Gasteiger partial charge in [0.25, 0.3) is 0 Å². The molecule has 0 saturated heterocycles. The van der Waals surface area contributed by atoms with Crippen molar-refractivity contribution in [3.63, 3.8) is 0 Å². The van der Waals surface area contributed by atoms with E-state index < -0.39 is 24.0 Å². The number of halogens is 3. The van der Waals surface area contributed by atoms with Crippen LogP contribution in [0.1, 0.15) is 98.3 Å². The second-order valence-corrected chi connectivity index (χ2v) is 13.0. The summed E-state index contributed by atoms with van der Waals surface area (Å²) < 4.78 is 38.0. The molecule has 0 amide bonds. The predicted molar refractivity (Wildman–Crippen MR) is 122 cm³/mol. The highest BCUT2D eigenvalue weighted by atomic mass is 19.4. The van der Waals surface area contributed by atoms with Gasteiger partial charge in [0.2, 0.25) is 0 Å². The molecule has 0 spiro atoms. The third kappa shape index (κ3) is 4.78. The first kappa shape index (κ1) is 25.5. The lowest BCUT2D eigenvalue weighted by molar-refractivity contribution is -0.248. The van der Waals surface area contributed by atoms with Gasteiger partial charge in [0.05, 0.1) is 12.0 Å². The maximum absolute atomic E-state index is 12.7. The van der Waals surface area contributed by atoms with Crippen molar-refractivity contribution in [2.75, 3.05) is 0 Å². The molecule has 6 heteroatoms. The highest BCUT2D eigenvalue weighted by molar-refractivity contribution is 5.26. The molecule has 3 fully saturated rings. The first-order valence-electron chi connectivity index (χ1n) is 13.0. The van der Waals surface area contributed by atoms with Gasteiger partial charge in [0.15, 0.2) is 5.79 Å². The van der Waals surface area contributed by atoms with Crippen LogP contribution < -0.4 is 0 Å². The maximum atomic E-state index is 12.7. The normalized spacial score (nSPS) is 44.5. The summed E-state index contributed by atoms with van der Waals surface area (Å²) in [6.07, 6.45) is 4.78. The molecule has 4 rings (SSSR count). The van der Waals surface area contributed by atoms with Crippen LogP contribution in [0.2, 0.25) is 0 Å². The van der Waals surface area contributed by atoms with E-state index >= 15 is 0 Å². The van der Waals surface area contributed by atoms with E-state index in [9.17, 15) is 28.5 Å². The van der Waals surface area contributed by atoms with E-state index in [4.69, 9.17) is 0 Å². The Morgan fingerprint density at radius 3 is 2.39 bits per heavy atom. The van der Waals surface area contributed by atoms with Crippen LogP contribution in [0.4, 0.5) is 13.2 Å². The van der Waals surface area contributed by atoms with E-state index in [1.165, 1.54) is 12.0 Å². The Kier molecular flexibility index (Phi) is 6.36. The van der Waals surface area contributed by atoms with Gasteiger partial charge in [-0.15, -0.1) is 0 Å². The maximum Gasteiger partial charge on any atom is 0.394 e. The zero-order valence-electron chi connectivity index (χ0n) is 20.7. The van der Waals surface area contributed by atoms with Crippen molar-refractivity contribution in [3.8, 4) is 0 Å². The second kappa shape index (κ2) is 8.23. The van der Waals surface area contributed by atoms with Gasteiger partial charge in [-0.25, -0.2) is 0 Å². The van der Waals surface area contributed by atoms with Gasteiger partial charge in [0.1, 0.15) is 0 Å². The third-order valence-electron chi connectivity index (χ3n) is 10.6. The Morgan fingerprint density at radius 1 is 1.03 bits per heavy atom. The summed E-state index contributed by atoms with van der Waals surface area (Å²) in [6, 6.07) is 0. The number of allylic oxidation sites excluding steroid dienone is 1. The van der Waals surface area contributed by atoms with Crippen molar-refractivity contribution < 1.29 is 28.5 Å². The predicted octanol–water partition coefficient (Wildman–Crippen LogP) is 6.37. The second-order valence-electron chi connectivity index (χ2n) is 13.0. The number of hydrogen-bond acceptors (Lipinski definition) is 3. The summed E-state index contributed by atoms with van der Waals surface area (Å²) in [7, 11) is 0. The number of alkyl halides is 3. The van der Waals surface area contributed by atoms with Crippen LogP contribution in [0.5, 0.6) is 0 Å². The molecule has 0 bridgehead atoms. The van der Waals surface area contributed by atoms with Gasteiger partial charge in [-0.2, -0.15) is 13.2 Å². The Morgan fingerprint density at radius 2 is 1.73 bits per heavy atom. The standard InChI is InChI=1S/C27H43F3O3/c1-17(9-12-26(32,33)16-27(28,29)30)20-7-8-21-19-6-5-18-15-23(2,31)13-14-24(18,3)22(19)10-11-25(20,21)4/h5,17,19-22,31-33H,6-16H2,1-4H3/t17-,19+,20-,21+,22+,23+,24+,25-/m1/s1. The van der Waals surface area contributed by atoms with Crippen LogP contribution in [0.3, 0.4) is 0 Å². The fraction of sp³-hybridized carbons (Fsp3) is 0.926. The van der Waals surface area contributed by atoms with Crippen LogP contribution in [0, 0.1) is 40.4 Å². The quantitative estimate of drug-likeness (QED) is 0.322. The van der Waals surface area contributed by atoms with Crippen molar-refractivity contribution >= 4 is 0 Å². The first-order chi connectivity index (χ1) is 15.1. The lowest BCUT2D eigenvalue weighted by Gasteiger charge is -2.59. The topological polar surface area (TPSA) is 60.7 Å². The van der Waals surface area contributed by atoms with E-state index in [2.05, 4.69) is 26.8 Å². The van der Waals surface area contributed by atoms with E-state index in [0.717, 1.165) is 44.9 Å². The third-order valence-corrected chi connectivity index (χ3v) is 10.6. The summed E-state index contributed by atoms with van der Waals surface area (Å²) in [5.74, 6) is -0.199. The number of hydrogen-bond donors (Lipinski definition) is 3. The summed E-state index contributed by atoms with van der Waals surface area (Å²) in [5.41, 5.74) is 1.22. The molecule has 0 radical (unpaired) electrons. The number of fused-ring (bicyclic) bond motifs is 5.